The molecule has 1 aliphatic rings. The first-order valence-electron chi connectivity index (χ1n) is 6.02. The molecule has 2 rings (SSSR count). The van der Waals surface area contributed by atoms with E-state index in [4.69, 9.17) is 4.74 Å². The third-order valence-electron chi connectivity index (χ3n) is 3.18. The molecule has 0 bridgehead atoms. The van der Waals surface area contributed by atoms with E-state index in [1.807, 2.05) is 0 Å². The van der Waals surface area contributed by atoms with E-state index in [9.17, 15) is 13.2 Å². The monoisotopic (exact) mass is 362 g/mol. The van der Waals surface area contributed by atoms with E-state index in [1.54, 1.807) is 11.0 Å². The van der Waals surface area contributed by atoms with Crippen LogP contribution in [0, 0.1) is 0 Å². The van der Waals surface area contributed by atoms with Gasteiger partial charge in [0, 0.05) is 26.2 Å². The van der Waals surface area contributed by atoms with Crippen molar-refractivity contribution in [1.29, 1.82) is 0 Å². The zero-order chi connectivity index (χ0) is 14.8. The van der Waals surface area contributed by atoms with Crippen molar-refractivity contribution in [3.8, 4) is 5.75 Å². The van der Waals surface area contributed by atoms with Crippen LogP contribution in [0.4, 0.5) is 0 Å². The molecule has 0 aromatic heterocycles. The third-order valence-corrected chi connectivity index (χ3v) is 5.70. The van der Waals surface area contributed by atoms with E-state index in [-0.39, 0.29) is 4.90 Å². The van der Waals surface area contributed by atoms with Crippen molar-refractivity contribution in [2.24, 2.45) is 0 Å². The van der Waals surface area contributed by atoms with Gasteiger partial charge in [-0.3, -0.25) is 4.79 Å². The van der Waals surface area contributed by atoms with E-state index >= 15 is 0 Å². The smallest absolute Gasteiger partial charge is 0.243 e. The number of sulfonamides is 1. The van der Waals surface area contributed by atoms with Crippen LogP contribution < -0.4 is 4.74 Å². The Morgan fingerprint density at radius 2 is 1.90 bits per heavy atom. The van der Waals surface area contributed by atoms with Crippen molar-refractivity contribution in [3.05, 3.63) is 22.7 Å². The van der Waals surface area contributed by atoms with Crippen LogP contribution in [0.25, 0.3) is 0 Å². The third kappa shape index (κ3) is 2.97. The Morgan fingerprint density at radius 1 is 1.25 bits per heavy atom. The molecule has 0 spiro atoms. The molecular weight excluding hydrogens is 348 g/mol. The number of amides is 1. The van der Waals surface area contributed by atoms with Gasteiger partial charge < -0.3 is 9.64 Å². The summed E-state index contributed by atoms with van der Waals surface area (Å²) in [6, 6.07) is 4.66. The van der Waals surface area contributed by atoms with Gasteiger partial charge in [0.05, 0.1) is 16.5 Å². The average Bonchev–Trinajstić information content (AvgIpc) is 2.47. The fourth-order valence-corrected chi connectivity index (χ4v) is 4.15. The van der Waals surface area contributed by atoms with Gasteiger partial charge in [0.1, 0.15) is 5.75 Å². The quantitative estimate of drug-likeness (QED) is 0.747. The van der Waals surface area contributed by atoms with Crippen molar-refractivity contribution < 1.29 is 17.9 Å². The topological polar surface area (TPSA) is 66.9 Å². The Bertz CT molecular complexity index is 597. The molecule has 1 aromatic carbocycles. The van der Waals surface area contributed by atoms with Gasteiger partial charge in [-0.15, -0.1) is 0 Å². The highest BCUT2D eigenvalue weighted by Gasteiger charge is 2.28. The number of methoxy groups -OCH3 is 1. The van der Waals surface area contributed by atoms with Crippen molar-refractivity contribution in [2.45, 2.75) is 4.90 Å². The largest absolute Gasteiger partial charge is 0.496 e. The van der Waals surface area contributed by atoms with Crippen LogP contribution in [0.5, 0.6) is 5.75 Å². The van der Waals surface area contributed by atoms with Crippen molar-refractivity contribution in [1.82, 2.24) is 9.21 Å². The molecule has 1 heterocycles. The number of halogens is 1. The number of carbonyl (C=O) groups is 1. The summed E-state index contributed by atoms with van der Waals surface area (Å²) in [5.41, 5.74) is 0. The first-order valence-corrected chi connectivity index (χ1v) is 8.25. The number of ether oxygens (including phenoxy) is 1. The minimum absolute atomic E-state index is 0.213. The second-order valence-corrected chi connectivity index (χ2v) is 7.13. The Labute approximate surface area is 126 Å². The number of carbonyl (C=O) groups excluding carboxylic acids is 1. The lowest BCUT2D eigenvalue weighted by atomic mass is 10.3. The molecule has 1 aromatic rings. The first-order chi connectivity index (χ1) is 9.48. The van der Waals surface area contributed by atoms with Crippen LogP contribution in [0.2, 0.25) is 0 Å². The zero-order valence-electron chi connectivity index (χ0n) is 11.0. The second-order valence-electron chi connectivity index (χ2n) is 4.34. The molecule has 110 valence electrons. The highest BCUT2D eigenvalue weighted by molar-refractivity contribution is 9.10. The van der Waals surface area contributed by atoms with Crippen molar-refractivity contribution in [2.75, 3.05) is 33.3 Å². The summed E-state index contributed by atoms with van der Waals surface area (Å²) in [7, 11) is -2.02. The van der Waals surface area contributed by atoms with Gasteiger partial charge in [0.15, 0.2) is 0 Å². The predicted molar refractivity (Wildman–Crippen MR) is 77.1 cm³/mol. The fraction of sp³-hybridized carbons (Fsp3) is 0.417. The van der Waals surface area contributed by atoms with Gasteiger partial charge in [-0.05, 0) is 34.1 Å². The number of rotatable bonds is 4. The number of hydrogen-bond donors (Lipinski definition) is 0. The number of hydrogen-bond acceptors (Lipinski definition) is 4. The fourth-order valence-electron chi connectivity index (χ4n) is 2.01. The lowest BCUT2D eigenvalue weighted by Crippen LogP contribution is -2.47. The molecule has 0 aliphatic carbocycles. The summed E-state index contributed by atoms with van der Waals surface area (Å²) in [4.78, 5) is 12.4. The van der Waals surface area contributed by atoms with Crippen LogP contribution in [-0.4, -0.2) is 57.3 Å². The lowest BCUT2D eigenvalue weighted by molar-refractivity contribution is -0.119. The number of piperazine rings is 1. The maximum absolute atomic E-state index is 12.5. The molecular formula is C12H15BrN2O4S. The van der Waals surface area contributed by atoms with Crippen LogP contribution in [0.3, 0.4) is 0 Å². The van der Waals surface area contributed by atoms with Gasteiger partial charge in [0.2, 0.25) is 16.4 Å². The van der Waals surface area contributed by atoms with E-state index in [0.717, 1.165) is 6.41 Å². The highest BCUT2D eigenvalue weighted by Crippen LogP contribution is 2.29. The van der Waals surface area contributed by atoms with E-state index in [1.165, 1.54) is 23.5 Å². The van der Waals surface area contributed by atoms with Gasteiger partial charge in [0.25, 0.3) is 0 Å². The molecule has 1 aliphatic heterocycles. The SMILES string of the molecule is COc1ccc(S(=O)(=O)N2CCN(C=O)CC2)cc1Br. The summed E-state index contributed by atoms with van der Waals surface area (Å²) >= 11 is 3.28. The Kier molecular flexibility index (Phi) is 4.66. The Balaban J connectivity index is 2.22. The zero-order valence-corrected chi connectivity index (χ0v) is 13.4. The number of nitrogens with zero attached hydrogens (tertiary/aromatic N) is 2. The van der Waals surface area contributed by atoms with Gasteiger partial charge in [-0.1, -0.05) is 0 Å². The molecule has 0 radical (unpaired) electrons. The van der Waals surface area contributed by atoms with Crippen molar-refractivity contribution in [3.63, 3.8) is 0 Å². The summed E-state index contributed by atoms with van der Waals surface area (Å²) < 4.78 is 32.0. The molecule has 1 fully saturated rings. The minimum atomic E-state index is -3.54. The van der Waals surface area contributed by atoms with E-state index in [0.29, 0.717) is 36.4 Å². The average molecular weight is 363 g/mol. The molecule has 1 saturated heterocycles. The second kappa shape index (κ2) is 6.11. The van der Waals surface area contributed by atoms with Gasteiger partial charge >= 0.3 is 0 Å². The first kappa shape index (κ1) is 15.3. The maximum Gasteiger partial charge on any atom is 0.243 e. The molecule has 0 saturated carbocycles. The molecule has 0 unspecified atom stereocenters. The van der Waals surface area contributed by atoms with E-state index < -0.39 is 10.0 Å². The van der Waals surface area contributed by atoms with Crippen LogP contribution in [0.1, 0.15) is 0 Å². The van der Waals surface area contributed by atoms with Crippen LogP contribution in [0.15, 0.2) is 27.6 Å². The molecule has 0 atom stereocenters. The lowest BCUT2D eigenvalue weighted by Gasteiger charge is -2.31. The predicted octanol–water partition coefficient (Wildman–Crippen LogP) is 0.920. The minimum Gasteiger partial charge on any atom is -0.496 e. The maximum atomic E-state index is 12.5. The Morgan fingerprint density at radius 3 is 2.40 bits per heavy atom. The summed E-state index contributed by atoms with van der Waals surface area (Å²) in [5, 5.41) is 0. The summed E-state index contributed by atoms with van der Waals surface area (Å²) in [6.45, 7) is 1.45. The van der Waals surface area contributed by atoms with Crippen LogP contribution >= 0.6 is 15.9 Å². The van der Waals surface area contributed by atoms with Gasteiger partial charge in [-0.25, -0.2) is 8.42 Å². The molecule has 0 N–H and O–H groups in total. The molecule has 1 amide bonds. The van der Waals surface area contributed by atoms with E-state index in [2.05, 4.69) is 15.9 Å². The molecule has 8 heteroatoms. The summed E-state index contributed by atoms with van der Waals surface area (Å²) in [6.07, 6.45) is 0.744. The van der Waals surface area contributed by atoms with Gasteiger partial charge in [-0.2, -0.15) is 4.31 Å². The van der Waals surface area contributed by atoms with Crippen molar-refractivity contribution >= 4 is 32.4 Å². The molecule has 20 heavy (non-hydrogen) atoms. The Hall–Kier alpha value is -1.12. The molecule has 6 nitrogen and oxygen atoms in total. The standard InChI is InChI=1S/C12H15BrN2O4S/c1-19-12-3-2-10(8-11(12)13)20(17,18)15-6-4-14(9-16)5-7-15/h2-3,8-9H,4-7H2,1H3. The summed E-state index contributed by atoms with van der Waals surface area (Å²) in [5.74, 6) is 0.578. The van der Waals surface area contributed by atoms with Crippen LogP contribution in [-0.2, 0) is 14.8 Å². The highest BCUT2D eigenvalue weighted by atomic mass is 79.9. The normalized spacial score (nSPS) is 17.0. The number of benzene rings is 1.